The molecule has 1 spiro atoms. The highest BCUT2D eigenvalue weighted by Crippen LogP contribution is 2.45. The molecule has 4 aromatic rings. The normalized spacial score (nSPS) is 17.9. The van der Waals surface area contributed by atoms with Gasteiger partial charge in [0.15, 0.2) is 11.4 Å². The van der Waals surface area contributed by atoms with E-state index in [4.69, 9.17) is 24.3 Å². The molecule has 0 amide bonds. The molecule has 11 heteroatoms. The van der Waals surface area contributed by atoms with E-state index in [-0.39, 0.29) is 11.7 Å². The molecule has 0 radical (unpaired) electrons. The third-order valence-electron chi connectivity index (χ3n) is 8.28. The number of ether oxygens (including phenoxy) is 3. The molecule has 0 bridgehead atoms. The first kappa shape index (κ1) is 28.7. The topological polar surface area (TPSA) is 88.6 Å². The summed E-state index contributed by atoms with van der Waals surface area (Å²) >= 11 is 1.78. The molecule has 1 aliphatic carbocycles. The molecule has 41 heavy (non-hydrogen) atoms. The minimum atomic E-state index is -1.20. The van der Waals surface area contributed by atoms with Gasteiger partial charge < -0.3 is 14.2 Å². The second-order valence-electron chi connectivity index (χ2n) is 13.0. The van der Waals surface area contributed by atoms with E-state index in [1.54, 1.807) is 17.7 Å². The minimum absolute atomic E-state index is 0.249. The van der Waals surface area contributed by atoms with Crippen molar-refractivity contribution < 1.29 is 14.2 Å². The van der Waals surface area contributed by atoms with Gasteiger partial charge in [-0.25, -0.2) is 19.2 Å². The SMILES string of the molecule is Cc1cc(-c2c(C(C)C)c(-c3cnc(C4CCC5(CC4)OCCO5)s3)nn2COCC[Si](C)(C)C)cn2ncnc12. The Hall–Kier alpha value is -2.44. The molecule has 0 N–H and O–H groups in total. The second-order valence-corrected chi connectivity index (χ2v) is 19.7. The van der Waals surface area contributed by atoms with Crippen molar-refractivity contribution in [3.63, 3.8) is 0 Å². The quantitative estimate of drug-likeness (QED) is 0.154. The number of hydrogen-bond acceptors (Lipinski definition) is 8. The number of aryl methyl sites for hydroxylation is 1. The average Bonchev–Trinajstić information content (AvgIpc) is 3.72. The Bertz CT molecular complexity index is 1500. The van der Waals surface area contributed by atoms with Gasteiger partial charge in [-0.3, -0.25) is 0 Å². The zero-order valence-corrected chi connectivity index (χ0v) is 27.0. The summed E-state index contributed by atoms with van der Waals surface area (Å²) in [4.78, 5) is 10.5. The third kappa shape index (κ3) is 5.92. The number of rotatable bonds is 9. The molecule has 0 unspecified atom stereocenters. The summed E-state index contributed by atoms with van der Waals surface area (Å²) in [7, 11) is -1.20. The molecule has 0 atom stereocenters. The van der Waals surface area contributed by atoms with Crippen LogP contribution in [0.2, 0.25) is 25.7 Å². The maximum Gasteiger partial charge on any atom is 0.168 e. The van der Waals surface area contributed by atoms with Gasteiger partial charge in [0.2, 0.25) is 0 Å². The van der Waals surface area contributed by atoms with Gasteiger partial charge in [0.05, 0.1) is 28.8 Å². The molecule has 0 aromatic carbocycles. The van der Waals surface area contributed by atoms with Gasteiger partial charge in [0.1, 0.15) is 18.8 Å². The van der Waals surface area contributed by atoms with Crippen molar-refractivity contribution in [2.75, 3.05) is 19.8 Å². The van der Waals surface area contributed by atoms with Crippen LogP contribution in [0.25, 0.3) is 27.5 Å². The Balaban J connectivity index is 1.35. The van der Waals surface area contributed by atoms with Gasteiger partial charge in [0.25, 0.3) is 0 Å². The highest BCUT2D eigenvalue weighted by Gasteiger charge is 2.41. The summed E-state index contributed by atoms with van der Waals surface area (Å²) in [6.07, 6.45) is 9.62. The maximum atomic E-state index is 6.26. The fraction of sp³-hybridized carbons (Fsp3) is 0.600. The van der Waals surface area contributed by atoms with Crippen LogP contribution in [0, 0.1) is 6.92 Å². The summed E-state index contributed by atoms with van der Waals surface area (Å²) in [5, 5.41) is 10.8. The zero-order chi connectivity index (χ0) is 28.8. The van der Waals surface area contributed by atoms with E-state index in [2.05, 4.69) is 62.8 Å². The Labute approximate surface area is 247 Å². The lowest BCUT2D eigenvalue weighted by atomic mass is 9.85. The number of fused-ring (bicyclic) bond motifs is 1. The number of hydrogen-bond donors (Lipinski definition) is 0. The van der Waals surface area contributed by atoms with Crippen LogP contribution in [-0.2, 0) is 20.9 Å². The van der Waals surface area contributed by atoms with Crippen LogP contribution in [0.4, 0.5) is 0 Å². The van der Waals surface area contributed by atoms with Crippen molar-refractivity contribution in [1.82, 2.24) is 29.4 Å². The Morgan fingerprint density at radius 2 is 1.90 bits per heavy atom. The van der Waals surface area contributed by atoms with Crippen LogP contribution in [0.3, 0.4) is 0 Å². The number of thiazole rings is 1. The van der Waals surface area contributed by atoms with Crippen molar-refractivity contribution in [3.05, 3.63) is 40.9 Å². The molecular formula is C30H42N6O3SSi. The first-order chi connectivity index (χ1) is 19.6. The van der Waals surface area contributed by atoms with E-state index in [0.29, 0.717) is 25.9 Å². The predicted molar refractivity (Wildman–Crippen MR) is 164 cm³/mol. The molecule has 220 valence electrons. The third-order valence-corrected chi connectivity index (χ3v) is 11.1. The lowest BCUT2D eigenvalue weighted by Crippen LogP contribution is -2.34. The van der Waals surface area contributed by atoms with Crippen molar-refractivity contribution >= 4 is 25.1 Å². The lowest BCUT2D eigenvalue weighted by Gasteiger charge is -2.34. The number of nitrogens with zero attached hydrogens (tertiary/aromatic N) is 6. The van der Waals surface area contributed by atoms with Crippen molar-refractivity contribution in [2.24, 2.45) is 0 Å². The van der Waals surface area contributed by atoms with Crippen LogP contribution < -0.4 is 0 Å². The molecule has 1 saturated carbocycles. The van der Waals surface area contributed by atoms with Crippen LogP contribution in [0.5, 0.6) is 0 Å². The first-order valence-electron chi connectivity index (χ1n) is 14.9. The molecule has 4 aromatic heterocycles. The smallest absolute Gasteiger partial charge is 0.168 e. The fourth-order valence-corrected chi connectivity index (χ4v) is 7.87. The van der Waals surface area contributed by atoms with E-state index in [1.807, 2.05) is 15.4 Å². The van der Waals surface area contributed by atoms with Crippen molar-refractivity contribution in [2.45, 2.75) is 96.5 Å². The Morgan fingerprint density at radius 1 is 1.15 bits per heavy atom. The van der Waals surface area contributed by atoms with Gasteiger partial charge in [-0.1, -0.05) is 33.5 Å². The largest absolute Gasteiger partial charge is 0.360 e. The molecule has 1 aliphatic heterocycles. The molecule has 9 nitrogen and oxygen atoms in total. The summed E-state index contributed by atoms with van der Waals surface area (Å²) in [6, 6.07) is 3.31. The molecule has 2 fully saturated rings. The monoisotopic (exact) mass is 594 g/mol. The van der Waals surface area contributed by atoms with Crippen molar-refractivity contribution in [3.8, 4) is 21.8 Å². The van der Waals surface area contributed by atoms with Crippen LogP contribution in [0.15, 0.2) is 24.8 Å². The van der Waals surface area contributed by atoms with Crippen LogP contribution >= 0.6 is 11.3 Å². The fourth-order valence-electron chi connectivity index (χ4n) is 6.03. The van der Waals surface area contributed by atoms with Gasteiger partial charge in [-0.2, -0.15) is 10.2 Å². The van der Waals surface area contributed by atoms with E-state index >= 15 is 0 Å². The van der Waals surface area contributed by atoms with E-state index in [1.165, 1.54) is 10.6 Å². The van der Waals surface area contributed by atoms with E-state index in [0.717, 1.165) is 71.4 Å². The number of aromatic nitrogens is 6. The first-order valence-corrected chi connectivity index (χ1v) is 19.4. The molecule has 6 rings (SSSR count). The second kappa shape index (κ2) is 11.3. The molecular weight excluding hydrogens is 553 g/mol. The number of pyridine rings is 1. The summed E-state index contributed by atoms with van der Waals surface area (Å²) < 4.78 is 22.1. The summed E-state index contributed by atoms with van der Waals surface area (Å²) in [5.41, 5.74) is 6.30. The van der Waals surface area contributed by atoms with Crippen LogP contribution in [-0.4, -0.2) is 63.0 Å². The molecule has 1 saturated heterocycles. The summed E-state index contributed by atoms with van der Waals surface area (Å²) in [6.45, 7) is 16.3. The molecule has 5 heterocycles. The molecule has 2 aliphatic rings. The minimum Gasteiger partial charge on any atom is -0.360 e. The van der Waals surface area contributed by atoms with Gasteiger partial charge >= 0.3 is 0 Å². The Morgan fingerprint density at radius 3 is 2.61 bits per heavy atom. The summed E-state index contributed by atoms with van der Waals surface area (Å²) in [5.74, 6) is 0.325. The Kier molecular flexibility index (Phi) is 7.92. The van der Waals surface area contributed by atoms with Crippen molar-refractivity contribution in [1.29, 1.82) is 0 Å². The lowest BCUT2D eigenvalue weighted by molar-refractivity contribution is -0.178. The highest BCUT2D eigenvalue weighted by atomic mass is 32.1. The van der Waals surface area contributed by atoms with E-state index in [9.17, 15) is 0 Å². The van der Waals surface area contributed by atoms with Gasteiger partial charge in [0, 0.05) is 57.0 Å². The van der Waals surface area contributed by atoms with Gasteiger partial charge in [-0.05, 0) is 43.4 Å². The standard InChI is InChI=1S/C30H42N6O3SSi/c1-20(2)25-26(24-16-31-29(40-24)22-7-9-30(10-8-22)38-11-12-39-30)34-36(19-37-13-14-41(4,5)6)27(25)23-15-21(3)28-32-18-33-35(28)17-23/h15-18,20,22H,7-14,19H2,1-6H3. The van der Waals surface area contributed by atoms with Gasteiger partial charge in [-0.15, -0.1) is 11.3 Å². The van der Waals surface area contributed by atoms with E-state index < -0.39 is 8.07 Å². The average molecular weight is 595 g/mol. The maximum absolute atomic E-state index is 6.26. The highest BCUT2D eigenvalue weighted by molar-refractivity contribution is 7.15. The predicted octanol–water partition coefficient (Wildman–Crippen LogP) is 6.86. The zero-order valence-electron chi connectivity index (χ0n) is 25.1. The van der Waals surface area contributed by atoms with Crippen LogP contribution in [0.1, 0.15) is 67.5 Å².